The quantitative estimate of drug-likeness (QED) is 0.126. The van der Waals surface area contributed by atoms with E-state index < -0.39 is 8.07 Å². The Kier molecular flexibility index (Phi) is 10.7. The van der Waals surface area contributed by atoms with Gasteiger partial charge in [0.1, 0.15) is 0 Å². The number of hydrogen-bond donors (Lipinski definition) is 0. The third-order valence-corrected chi connectivity index (χ3v) is 18.1. The van der Waals surface area contributed by atoms with E-state index in [1.807, 2.05) is 6.08 Å². The van der Waals surface area contributed by atoms with Gasteiger partial charge in [0.2, 0.25) is 0 Å². The van der Waals surface area contributed by atoms with Crippen molar-refractivity contribution in [2.24, 2.45) is 0 Å². The molecule has 0 aromatic heterocycles. The predicted octanol–water partition coefficient (Wildman–Crippen LogP) is 14.5. The topological polar surface area (TPSA) is 6.48 Å². The van der Waals surface area contributed by atoms with Crippen LogP contribution in [0.1, 0.15) is 18.1 Å². The van der Waals surface area contributed by atoms with E-state index in [1.54, 1.807) is 0 Å². The maximum atomic E-state index is 4.38. The van der Waals surface area contributed by atoms with Gasteiger partial charge in [0.05, 0.1) is 5.69 Å². The van der Waals surface area contributed by atoms with Crippen LogP contribution in [0.2, 0.25) is 0 Å². The zero-order valence-corrected chi connectivity index (χ0v) is 37.9. The van der Waals surface area contributed by atoms with E-state index >= 15 is 0 Å². The molecule has 2 nitrogen and oxygen atoms in total. The largest absolute Gasteiger partial charge is 0.311 e. The van der Waals surface area contributed by atoms with Crippen LogP contribution in [0.5, 0.6) is 0 Å². The molecule has 0 unspecified atom stereocenters. The molecule has 314 valence electrons. The van der Waals surface area contributed by atoms with Gasteiger partial charge in [-0.05, 0) is 121 Å². The molecule has 0 atom stereocenters. The van der Waals surface area contributed by atoms with Gasteiger partial charge in [-0.2, -0.15) is 0 Å². The minimum atomic E-state index is -2.80. The van der Waals surface area contributed by atoms with Gasteiger partial charge in [-0.25, -0.2) is 0 Å². The Balaban J connectivity index is 1.09. The predicted molar refractivity (Wildman–Crippen MR) is 286 cm³/mol. The lowest BCUT2D eigenvalue weighted by Crippen LogP contribution is -2.77. The Morgan fingerprint density at radius 3 is 1.56 bits per heavy atom. The van der Waals surface area contributed by atoms with Crippen LogP contribution >= 0.6 is 0 Å². The van der Waals surface area contributed by atoms with Crippen molar-refractivity contribution in [3.8, 4) is 22.3 Å². The van der Waals surface area contributed by atoms with Crippen molar-refractivity contribution in [1.82, 2.24) is 0 Å². The summed E-state index contributed by atoms with van der Waals surface area (Å²) in [5.41, 5.74) is 13.7. The lowest BCUT2D eigenvalue weighted by Gasteiger charge is -2.45. The fraction of sp³-hybridized carbons (Fsp3) is 0.0159. The van der Waals surface area contributed by atoms with Crippen molar-refractivity contribution in [2.45, 2.75) is 6.92 Å². The molecule has 0 spiro atoms. The van der Waals surface area contributed by atoms with E-state index in [2.05, 4.69) is 278 Å². The molecule has 0 bridgehead atoms. The standard InChI is InChI=1S/C63H48N2Si/c1-3-21-58-56(4-2)60(45-50-24-17-18-31-57(50)58)64(52-39-34-47(35-40-52)46-22-9-5-10-23-46)53-41-36-48(37-42-53)49-38-43-63-61(44-49)65(51-25-11-6-12-26-51)59-32-19-20-33-62(59)66(63,54-27-13-7-14-28-54)55-29-15-8-16-30-55/h3-45H,2H2,1H3/b21-3-. The first kappa shape index (κ1) is 40.5. The molecule has 0 saturated heterocycles. The lowest BCUT2D eigenvalue weighted by atomic mass is 9.95. The van der Waals surface area contributed by atoms with Crippen LogP contribution < -0.4 is 30.5 Å². The molecule has 10 aromatic rings. The van der Waals surface area contributed by atoms with Gasteiger partial charge < -0.3 is 9.80 Å². The second-order valence-electron chi connectivity index (χ2n) is 16.8. The Morgan fingerprint density at radius 2 is 0.939 bits per heavy atom. The van der Waals surface area contributed by atoms with Gasteiger partial charge in [-0.15, -0.1) is 0 Å². The first-order chi connectivity index (χ1) is 32.7. The zero-order valence-electron chi connectivity index (χ0n) is 36.9. The Morgan fingerprint density at radius 1 is 0.439 bits per heavy atom. The molecule has 10 aromatic carbocycles. The molecule has 0 amide bonds. The summed E-state index contributed by atoms with van der Waals surface area (Å²) in [4.78, 5) is 4.87. The van der Waals surface area contributed by atoms with Gasteiger partial charge in [0, 0.05) is 34.0 Å². The summed E-state index contributed by atoms with van der Waals surface area (Å²) in [7, 11) is -2.80. The van der Waals surface area contributed by atoms with Crippen LogP contribution in [0.15, 0.2) is 255 Å². The summed E-state index contributed by atoms with van der Waals surface area (Å²) in [6.45, 7) is 6.46. The number of benzene rings is 10. The second kappa shape index (κ2) is 17.4. The second-order valence-corrected chi connectivity index (χ2v) is 20.6. The molecule has 1 aliphatic heterocycles. The van der Waals surface area contributed by atoms with Crippen LogP contribution in [-0.2, 0) is 0 Å². The summed E-state index contributed by atoms with van der Waals surface area (Å²) in [6, 6.07) is 89.2. The highest BCUT2D eigenvalue weighted by Gasteiger charge is 2.48. The van der Waals surface area contributed by atoms with Crippen molar-refractivity contribution < 1.29 is 0 Å². The Hall–Kier alpha value is -8.24. The van der Waals surface area contributed by atoms with Crippen molar-refractivity contribution in [2.75, 3.05) is 9.80 Å². The van der Waals surface area contributed by atoms with Crippen LogP contribution in [0.25, 0.3) is 45.2 Å². The molecule has 1 aliphatic rings. The molecule has 11 rings (SSSR count). The molecule has 66 heavy (non-hydrogen) atoms. The van der Waals surface area contributed by atoms with E-state index in [0.29, 0.717) is 0 Å². The van der Waals surface area contributed by atoms with Gasteiger partial charge in [-0.3, -0.25) is 0 Å². The molecule has 0 radical (unpaired) electrons. The number of anilines is 6. The van der Waals surface area contributed by atoms with Crippen molar-refractivity contribution in [3.63, 3.8) is 0 Å². The molecule has 0 N–H and O–H groups in total. The molecule has 1 heterocycles. The lowest BCUT2D eigenvalue weighted by molar-refractivity contribution is 1.28. The highest BCUT2D eigenvalue weighted by atomic mass is 28.3. The van der Waals surface area contributed by atoms with E-state index in [4.69, 9.17) is 0 Å². The SMILES string of the molecule is C=Cc1c(N(c2ccc(-c3ccccc3)cc2)c2ccc(-c3ccc4c(c3)N(c3ccccc3)c3ccccc3[Si]4(c3ccccc3)c3ccccc3)cc2)cc2ccccc2c1/C=C\C. The van der Waals surface area contributed by atoms with Crippen molar-refractivity contribution in [1.29, 1.82) is 0 Å². The van der Waals surface area contributed by atoms with Crippen LogP contribution in [0.4, 0.5) is 34.1 Å². The van der Waals surface area contributed by atoms with E-state index in [0.717, 1.165) is 45.0 Å². The van der Waals surface area contributed by atoms with E-state index in [-0.39, 0.29) is 0 Å². The van der Waals surface area contributed by atoms with Crippen molar-refractivity contribution >= 4 is 85.9 Å². The highest BCUT2D eigenvalue weighted by Crippen LogP contribution is 2.44. The van der Waals surface area contributed by atoms with Crippen LogP contribution in [-0.4, -0.2) is 8.07 Å². The minimum Gasteiger partial charge on any atom is -0.311 e. The molecule has 0 saturated carbocycles. The average Bonchev–Trinajstić information content (AvgIpc) is 3.39. The third-order valence-electron chi connectivity index (χ3n) is 13.2. The van der Waals surface area contributed by atoms with E-state index in [9.17, 15) is 0 Å². The first-order valence-electron chi connectivity index (χ1n) is 22.7. The van der Waals surface area contributed by atoms with Gasteiger partial charge >= 0.3 is 0 Å². The fourth-order valence-corrected chi connectivity index (χ4v) is 15.4. The Labute approximate surface area is 389 Å². The molecular weight excluding hydrogens is 813 g/mol. The van der Waals surface area contributed by atoms with Gasteiger partial charge in [0.15, 0.2) is 8.07 Å². The maximum absolute atomic E-state index is 4.38. The maximum Gasteiger partial charge on any atom is 0.184 e. The first-order valence-corrected chi connectivity index (χ1v) is 24.7. The average molecular weight is 861 g/mol. The number of rotatable bonds is 10. The molecule has 0 fully saturated rings. The Bertz CT molecular complexity index is 3320. The number of allylic oxidation sites excluding steroid dienone is 1. The number of fused-ring (bicyclic) bond motifs is 3. The summed E-state index contributed by atoms with van der Waals surface area (Å²) in [6.07, 6.45) is 6.34. The monoisotopic (exact) mass is 860 g/mol. The molecule has 0 aliphatic carbocycles. The zero-order chi connectivity index (χ0) is 44.5. The summed E-state index contributed by atoms with van der Waals surface area (Å²) in [5, 5.41) is 7.89. The highest BCUT2D eigenvalue weighted by molar-refractivity contribution is 7.21. The van der Waals surface area contributed by atoms with Crippen molar-refractivity contribution in [3.05, 3.63) is 266 Å². The normalized spacial score (nSPS) is 12.7. The van der Waals surface area contributed by atoms with E-state index in [1.165, 1.54) is 54.0 Å². The van der Waals surface area contributed by atoms with Gasteiger partial charge in [0.25, 0.3) is 0 Å². The summed E-state index contributed by atoms with van der Waals surface area (Å²) in [5.74, 6) is 0. The van der Waals surface area contributed by atoms with Crippen LogP contribution in [0, 0.1) is 0 Å². The summed E-state index contributed by atoms with van der Waals surface area (Å²) >= 11 is 0. The summed E-state index contributed by atoms with van der Waals surface area (Å²) < 4.78 is 0. The van der Waals surface area contributed by atoms with Gasteiger partial charge in [-0.1, -0.05) is 213 Å². The molecule has 3 heteroatoms. The number of nitrogens with zero attached hydrogens (tertiary/aromatic N) is 2. The fourth-order valence-electron chi connectivity index (χ4n) is 10.3. The van der Waals surface area contributed by atoms with Crippen LogP contribution in [0.3, 0.4) is 0 Å². The minimum absolute atomic E-state index is 1.06. The molecular formula is C63H48N2Si. The number of hydrogen-bond acceptors (Lipinski definition) is 2. The smallest absolute Gasteiger partial charge is 0.184 e. The third kappa shape index (κ3) is 6.89. The number of para-hydroxylation sites is 2.